The minimum Gasteiger partial charge on any atom is -0.383 e. The van der Waals surface area contributed by atoms with E-state index in [2.05, 4.69) is 19.9 Å². The Morgan fingerprint density at radius 2 is 1.90 bits per heavy atom. The fourth-order valence-corrected chi connectivity index (χ4v) is 5.32. The summed E-state index contributed by atoms with van der Waals surface area (Å²) in [5.41, 5.74) is 9.00. The molecule has 3 N–H and O–H groups in total. The number of carbonyl (C=O) groups excluding carboxylic acids is 1. The molecule has 4 heterocycles. The minimum atomic E-state index is -0.785. The zero-order valence-electron chi connectivity index (χ0n) is 21.6. The molecule has 0 fully saturated rings. The molecule has 0 unspecified atom stereocenters. The molecular formula is C30H25F3N6O. The highest BCUT2D eigenvalue weighted by Gasteiger charge is 2.34. The molecule has 4 aromatic heterocycles. The first kappa shape index (κ1) is 25.5. The van der Waals surface area contributed by atoms with E-state index in [1.807, 2.05) is 12.1 Å². The molecule has 0 saturated heterocycles. The number of aryl methyl sites for hydroxylation is 2. The summed E-state index contributed by atoms with van der Waals surface area (Å²) < 4.78 is 44.2. The molecule has 5 aromatic rings. The molecule has 1 aliphatic rings. The fraction of sp³-hybridized carbons (Fsp3) is 0.200. The molecule has 0 saturated carbocycles. The number of benzene rings is 1. The predicted octanol–water partition coefficient (Wildman–Crippen LogP) is 6.05. The molecule has 1 aromatic carbocycles. The second kappa shape index (κ2) is 10.1. The van der Waals surface area contributed by atoms with Gasteiger partial charge in [0.05, 0.1) is 35.1 Å². The summed E-state index contributed by atoms with van der Waals surface area (Å²) in [6.45, 7) is 1.77. The van der Waals surface area contributed by atoms with Crippen LogP contribution in [0.3, 0.4) is 0 Å². The Kier molecular flexibility index (Phi) is 6.45. The van der Waals surface area contributed by atoms with Gasteiger partial charge in [0.25, 0.3) is 5.91 Å². The molecule has 0 spiro atoms. The van der Waals surface area contributed by atoms with Crippen LogP contribution in [0.25, 0.3) is 22.2 Å². The molecule has 6 rings (SSSR count). The Morgan fingerprint density at radius 3 is 2.65 bits per heavy atom. The van der Waals surface area contributed by atoms with Gasteiger partial charge in [0.15, 0.2) is 5.82 Å². The number of nitrogens with two attached hydrogens (primary N) is 1. The molecule has 202 valence electrons. The second-order valence-corrected chi connectivity index (χ2v) is 9.92. The normalized spacial score (nSPS) is 14.8. The SMILES string of the molecule is Cc1cc2[nH]c(C(=O)N(Cc3ccc(-c4c(F)cccc4F)cn3)[C@@H]3CCCc4cccnc43)c(F)c2nc1N. The van der Waals surface area contributed by atoms with Crippen LogP contribution >= 0.6 is 0 Å². The fourth-order valence-electron chi connectivity index (χ4n) is 5.32. The average molecular weight is 543 g/mol. The standard InChI is InChI=1S/C30H25F3N6O/c1-16-13-22-27(38-29(16)34)25(33)28(37-22)30(40)39(23-9-2-5-17-6-4-12-35-26(17)23)15-19-11-10-18(14-36-19)24-20(31)7-3-8-21(24)32/h3-4,6-8,10-14,23,37H,2,5,9,15H2,1H3,(H2,34,38)/t23-/m1/s1. The van der Waals surface area contributed by atoms with Crippen LogP contribution < -0.4 is 5.73 Å². The van der Waals surface area contributed by atoms with Crippen LogP contribution in [0.15, 0.2) is 60.9 Å². The number of halogens is 3. The van der Waals surface area contributed by atoms with Crippen LogP contribution in [0.1, 0.15) is 51.9 Å². The lowest BCUT2D eigenvalue weighted by Crippen LogP contribution is -2.37. The van der Waals surface area contributed by atoms with E-state index < -0.39 is 29.4 Å². The summed E-state index contributed by atoms with van der Waals surface area (Å²) in [6.07, 6.45) is 5.31. The van der Waals surface area contributed by atoms with Gasteiger partial charge in [-0.3, -0.25) is 14.8 Å². The summed E-state index contributed by atoms with van der Waals surface area (Å²) in [6, 6.07) is 11.9. The first-order valence-electron chi connectivity index (χ1n) is 12.9. The maximum atomic E-state index is 15.6. The van der Waals surface area contributed by atoms with E-state index in [9.17, 15) is 13.6 Å². The third kappa shape index (κ3) is 4.45. The number of aromatic nitrogens is 4. The molecule has 0 radical (unpaired) electrons. The molecular weight excluding hydrogens is 517 g/mol. The highest BCUT2D eigenvalue weighted by atomic mass is 19.1. The van der Waals surface area contributed by atoms with Crippen LogP contribution in [0.2, 0.25) is 0 Å². The van der Waals surface area contributed by atoms with Crippen LogP contribution in [0, 0.1) is 24.4 Å². The quantitative estimate of drug-likeness (QED) is 0.282. The largest absolute Gasteiger partial charge is 0.383 e. The number of fused-ring (bicyclic) bond motifs is 2. The van der Waals surface area contributed by atoms with E-state index in [4.69, 9.17) is 5.73 Å². The van der Waals surface area contributed by atoms with E-state index in [1.165, 1.54) is 24.4 Å². The van der Waals surface area contributed by atoms with Crippen molar-refractivity contribution >= 4 is 22.8 Å². The highest BCUT2D eigenvalue weighted by Crippen LogP contribution is 2.36. The summed E-state index contributed by atoms with van der Waals surface area (Å²) in [7, 11) is 0. The van der Waals surface area contributed by atoms with E-state index in [0.29, 0.717) is 23.2 Å². The van der Waals surface area contributed by atoms with Gasteiger partial charge < -0.3 is 15.6 Å². The number of nitrogens with one attached hydrogen (secondary N) is 1. The van der Waals surface area contributed by atoms with Crippen molar-refractivity contribution in [2.24, 2.45) is 0 Å². The Hall–Kier alpha value is -4.73. The van der Waals surface area contributed by atoms with E-state index in [1.54, 1.807) is 36.2 Å². The molecule has 10 heteroatoms. The predicted molar refractivity (Wildman–Crippen MR) is 145 cm³/mol. The molecule has 0 bridgehead atoms. The summed E-state index contributed by atoms with van der Waals surface area (Å²) in [5.74, 6) is -2.58. The van der Waals surface area contributed by atoms with Crippen molar-refractivity contribution in [3.8, 4) is 11.1 Å². The van der Waals surface area contributed by atoms with Gasteiger partial charge in [-0.15, -0.1) is 0 Å². The van der Waals surface area contributed by atoms with Crippen molar-refractivity contribution in [3.63, 3.8) is 0 Å². The van der Waals surface area contributed by atoms with Gasteiger partial charge in [0, 0.05) is 18.0 Å². The van der Waals surface area contributed by atoms with Gasteiger partial charge in [-0.05, 0) is 67.6 Å². The molecule has 1 amide bonds. The number of anilines is 1. The maximum absolute atomic E-state index is 15.6. The van der Waals surface area contributed by atoms with Gasteiger partial charge in [-0.2, -0.15) is 0 Å². The number of rotatable bonds is 5. The monoisotopic (exact) mass is 542 g/mol. The number of pyridine rings is 3. The summed E-state index contributed by atoms with van der Waals surface area (Å²) in [4.78, 5) is 31.6. The van der Waals surface area contributed by atoms with Crippen LogP contribution in [0.4, 0.5) is 19.0 Å². The summed E-state index contributed by atoms with van der Waals surface area (Å²) >= 11 is 0. The topological polar surface area (TPSA) is 101 Å². The molecule has 7 nitrogen and oxygen atoms in total. The van der Waals surface area contributed by atoms with Gasteiger partial charge in [-0.25, -0.2) is 18.2 Å². The number of amides is 1. The summed E-state index contributed by atoms with van der Waals surface area (Å²) in [5, 5.41) is 0. The Balaban J connectivity index is 1.40. The third-order valence-electron chi connectivity index (χ3n) is 7.36. The smallest absolute Gasteiger partial charge is 0.274 e. The zero-order valence-corrected chi connectivity index (χ0v) is 21.6. The number of H-pyrrole nitrogens is 1. The van der Waals surface area contributed by atoms with Gasteiger partial charge in [-0.1, -0.05) is 18.2 Å². The minimum absolute atomic E-state index is 0.0111. The first-order chi connectivity index (χ1) is 19.3. The first-order valence-corrected chi connectivity index (χ1v) is 12.9. The van der Waals surface area contributed by atoms with Crippen molar-refractivity contribution in [2.45, 2.75) is 38.8 Å². The van der Waals surface area contributed by atoms with Crippen molar-refractivity contribution in [1.82, 2.24) is 24.8 Å². The van der Waals surface area contributed by atoms with Crippen molar-refractivity contribution in [2.75, 3.05) is 5.73 Å². The molecule has 0 aliphatic heterocycles. The molecule has 1 atom stereocenters. The molecule has 40 heavy (non-hydrogen) atoms. The van der Waals surface area contributed by atoms with E-state index in [-0.39, 0.29) is 34.7 Å². The number of carbonyl (C=O) groups is 1. The van der Waals surface area contributed by atoms with Gasteiger partial charge in [0.2, 0.25) is 0 Å². The average Bonchev–Trinajstić information content (AvgIpc) is 3.27. The van der Waals surface area contributed by atoms with Crippen molar-refractivity contribution in [3.05, 3.63) is 107 Å². The Morgan fingerprint density at radius 1 is 1.10 bits per heavy atom. The lowest BCUT2D eigenvalue weighted by atomic mass is 9.90. The Labute approximate surface area is 227 Å². The lowest BCUT2D eigenvalue weighted by Gasteiger charge is -2.34. The van der Waals surface area contributed by atoms with Crippen LogP contribution in [-0.2, 0) is 13.0 Å². The number of nitrogen functional groups attached to an aromatic ring is 1. The van der Waals surface area contributed by atoms with E-state index in [0.717, 1.165) is 24.1 Å². The van der Waals surface area contributed by atoms with Gasteiger partial charge >= 0.3 is 0 Å². The number of hydrogen-bond donors (Lipinski definition) is 2. The number of hydrogen-bond acceptors (Lipinski definition) is 5. The molecule has 1 aliphatic carbocycles. The lowest BCUT2D eigenvalue weighted by molar-refractivity contribution is 0.0620. The van der Waals surface area contributed by atoms with E-state index >= 15 is 4.39 Å². The van der Waals surface area contributed by atoms with Crippen molar-refractivity contribution in [1.29, 1.82) is 0 Å². The maximum Gasteiger partial charge on any atom is 0.274 e. The number of nitrogens with zero attached hydrogens (tertiary/aromatic N) is 4. The van der Waals surface area contributed by atoms with Gasteiger partial charge in [0.1, 0.15) is 28.7 Å². The highest BCUT2D eigenvalue weighted by molar-refractivity contribution is 5.98. The zero-order chi connectivity index (χ0) is 28.0. The van der Waals surface area contributed by atoms with Crippen LogP contribution in [-0.4, -0.2) is 30.7 Å². The van der Waals surface area contributed by atoms with Crippen molar-refractivity contribution < 1.29 is 18.0 Å². The number of aromatic amines is 1. The van der Waals surface area contributed by atoms with Crippen LogP contribution in [0.5, 0.6) is 0 Å². The second-order valence-electron chi connectivity index (χ2n) is 9.92. The Bertz CT molecular complexity index is 1730. The third-order valence-corrected chi connectivity index (χ3v) is 7.36.